The third kappa shape index (κ3) is 4.15. The van der Waals surface area contributed by atoms with Crippen LogP contribution in [0.2, 0.25) is 0 Å². The van der Waals surface area contributed by atoms with E-state index in [4.69, 9.17) is 5.73 Å². The summed E-state index contributed by atoms with van der Waals surface area (Å²) in [6.07, 6.45) is 0. The van der Waals surface area contributed by atoms with Gasteiger partial charge in [-0.2, -0.15) is 0 Å². The highest BCUT2D eigenvalue weighted by molar-refractivity contribution is 6.04. The van der Waals surface area contributed by atoms with Crippen molar-refractivity contribution in [2.24, 2.45) is 0 Å². The van der Waals surface area contributed by atoms with Crippen molar-refractivity contribution in [3.63, 3.8) is 0 Å². The lowest BCUT2D eigenvalue weighted by atomic mass is 10.1. The lowest BCUT2D eigenvalue weighted by Crippen LogP contribution is -2.37. The number of carbonyl (C=O) groups excluding carboxylic acids is 1. The normalized spacial score (nSPS) is 11.0. The van der Waals surface area contributed by atoms with Gasteiger partial charge in [0.05, 0.1) is 5.52 Å². The Kier molecular flexibility index (Phi) is 5.43. The van der Waals surface area contributed by atoms with Crippen molar-refractivity contribution in [2.45, 2.75) is 6.54 Å². The summed E-state index contributed by atoms with van der Waals surface area (Å²) >= 11 is 0. The first kappa shape index (κ1) is 17.8. The molecule has 0 spiro atoms. The van der Waals surface area contributed by atoms with E-state index >= 15 is 0 Å². The molecule has 0 aliphatic rings. The number of rotatable bonds is 6. The highest BCUT2D eigenvalue weighted by atomic mass is 16.2. The third-order valence-corrected chi connectivity index (χ3v) is 4.14. The minimum Gasteiger partial charge on any atom is -0.368 e. The van der Waals surface area contributed by atoms with Crippen molar-refractivity contribution in [1.82, 2.24) is 19.8 Å². The monoisotopic (exact) mass is 349 g/mol. The van der Waals surface area contributed by atoms with Crippen LogP contribution in [0.1, 0.15) is 16.1 Å². The molecule has 26 heavy (non-hydrogen) atoms. The Labute approximate surface area is 153 Å². The van der Waals surface area contributed by atoms with Crippen LogP contribution in [0.5, 0.6) is 0 Å². The van der Waals surface area contributed by atoms with Crippen molar-refractivity contribution in [2.75, 3.05) is 32.9 Å². The zero-order valence-electron chi connectivity index (χ0n) is 15.1. The van der Waals surface area contributed by atoms with Crippen LogP contribution >= 0.6 is 0 Å². The van der Waals surface area contributed by atoms with Gasteiger partial charge < -0.3 is 15.5 Å². The predicted octanol–water partition coefficient (Wildman–Crippen LogP) is 2.42. The molecule has 0 radical (unpaired) electrons. The largest absolute Gasteiger partial charge is 0.368 e. The molecule has 3 aromatic rings. The number of nitrogens with zero attached hydrogens (tertiary/aromatic N) is 4. The standard InChI is InChI=1S/C20H23N5O/c1-24(2)12-13-25(14-15-8-4-3-5-9-15)19(26)18-16-10-6-7-11-17(16)22-20(21)23-18/h3-11H,12-14H2,1-2H3,(H2,21,22,23). The van der Waals surface area contributed by atoms with E-state index in [1.807, 2.05) is 73.6 Å². The molecule has 1 aromatic heterocycles. The summed E-state index contributed by atoms with van der Waals surface area (Å²) in [5.41, 5.74) is 7.94. The maximum atomic E-state index is 13.3. The van der Waals surface area contributed by atoms with E-state index in [0.29, 0.717) is 24.3 Å². The van der Waals surface area contributed by atoms with Gasteiger partial charge in [0.1, 0.15) is 5.69 Å². The van der Waals surface area contributed by atoms with E-state index in [1.54, 1.807) is 0 Å². The first-order chi connectivity index (χ1) is 12.5. The number of amides is 1. The molecule has 0 aliphatic heterocycles. The van der Waals surface area contributed by atoms with E-state index in [0.717, 1.165) is 17.5 Å². The molecule has 0 fully saturated rings. The molecule has 3 rings (SSSR count). The zero-order valence-corrected chi connectivity index (χ0v) is 15.1. The van der Waals surface area contributed by atoms with Gasteiger partial charge in [-0.15, -0.1) is 0 Å². The molecule has 2 aromatic carbocycles. The molecule has 0 saturated carbocycles. The fourth-order valence-corrected chi connectivity index (χ4v) is 2.78. The predicted molar refractivity (Wildman–Crippen MR) is 104 cm³/mol. The molecular weight excluding hydrogens is 326 g/mol. The summed E-state index contributed by atoms with van der Waals surface area (Å²) in [6.45, 7) is 1.88. The average molecular weight is 349 g/mol. The van der Waals surface area contributed by atoms with E-state index < -0.39 is 0 Å². The van der Waals surface area contributed by atoms with Gasteiger partial charge >= 0.3 is 0 Å². The second-order valence-electron chi connectivity index (χ2n) is 6.46. The number of hydrogen-bond acceptors (Lipinski definition) is 5. The topological polar surface area (TPSA) is 75.3 Å². The second-order valence-corrected chi connectivity index (χ2v) is 6.46. The maximum absolute atomic E-state index is 13.3. The number of aromatic nitrogens is 2. The van der Waals surface area contributed by atoms with E-state index in [-0.39, 0.29) is 11.9 Å². The summed E-state index contributed by atoms with van der Waals surface area (Å²) < 4.78 is 0. The summed E-state index contributed by atoms with van der Waals surface area (Å²) in [5.74, 6) is -0.0275. The first-order valence-electron chi connectivity index (χ1n) is 8.55. The Bertz CT molecular complexity index is 895. The van der Waals surface area contributed by atoms with Crippen LogP contribution in [-0.4, -0.2) is 52.9 Å². The average Bonchev–Trinajstić information content (AvgIpc) is 2.64. The Hall–Kier alpha value is -2.99. The summed E-state index contributed by atoms with van der Waals surface area (Å²) in [5, 5.41) is 0.717. The van der Waals surface area contributed by atoms with Crippen molar-refractivity contribution < 1.29 is 4.79 Å². The number of nitrogen functional groups attached to an aromatic ring is 1. The lowest BCUT2D eigenvalue weighted by Gasteiger charge is -2.25. The van der Waals surface area contributed by atoms with Gasteiger partial charge in [-0.25, -0.2) is 9.97 Å². The molecule has 0 aliphatic carbocycles. The number of anilines is 1. The maximum Gasteiger partial charge on any atom is 0.273 e. The van der Waals surface area contributed by atoms with E-state index in [9.17, 15) is 4.79 Å². The molecule has 1 amide bonds. The van der Waals surface area contributed by atoms with Gasteiger partial charge in [-0.3, -0.25) is 4.79 Å². The van der Waals surface area contributed by atoms with Gasteiger partial charge in [0.15, 0.2) is 0 Å². The molecule has 0 saturated heterocycles. The molecule has 6 nitrogen and oxygen atoms in total. The number of fused-ring (bicyclic) bond motifs is 1. The van der Waals surface area contributed by atoms with Crippen LogP contribution in [0.3, 0.4) is 0 Å². The molecule has 0 bridgehead atoms. The van der Waals surface area contributed by atoms with Gasteiger partial charge in [0, 0.05) is 25.0 Å². The molecule has 2 N–H and O–H groups in total. The first-order valence-corrected chi connectivity index (χ1v) is 8.55. The SMILES string of the molecule is CN(C)CCN(Cc1ccccc1)C(=O)c1nc(N)nc2ccccc12. The minimum atomic E-state index is -0.138. The van der Waals surface area contributed by atoms with Gasteiger partial charge in [0.2, 0.25) is 5.95 Å². The minimum absolute atomic E-state index is 0.110. The van der Waals surface area contributed by atoms with Crippen molar-refractivity contribution in [1.29, 1.82) is 0 Å². The highest BCUT2D eigenvalue weighted by Crippen LogP contribution is 2.19. The molecule has 6 heteroatoms. The van der Waals surface area contributed by atoms with Crippen molar-refractivity contribution >= 4 is 22.8 Å². The molecule has 1 heterocycles. The molecule has 134 valence electrons. The molecule has 0 unspecified atom stereocenters. The molecule has 0 atom stereocenters. The fourth-order valence-electron chi connectivity index (χ4n) is 2.78. The van der Waals surface area contributed by atoms with E-state index in [2.05, 4.69) is 14.9 Å². The van der Waals surface area contributed by atoms with Crippen molar-refractivity contribution in [3.05, 3.63) is 65.9 Å². The number of hydrogen-bond donors (Lipinski definition) is 1. The van der Waals surface area contributed by atoms with Crippen LogP contribution in [0.15, 0.2) is 54.6 Å². The smallest absolute Gasteiger partial charge is 0.273 e. The Morgan fingerprint density at radius 3 is 2.38 bits per heavy atom. The summed E-state index contributed by atoms with van der Waals surface area (Å²) in [4.78, 5) is 25.6. The fraction of sp³-hybridized carbons (Fsp3) is 0.250. The van der Waals surface area contributed by atoms with Crippen LogP contribution in [-0.2, 0) is 6.54 Å². The summed E-state index contributed by atoms with van der Waals surface area (Å²) in [7, 11) is 3.98. The zero-order chi connectivity index (χ0) is 18.5. The molecular formula is C20H23N5O. The number of nitrogens with two attached hydrogens (primary N) is 1. The summed E-state index contributed by atoms with van der Waals surface area (Å²) in [6, 6.07) is 17.4. The van der Waals surface area contributed by atoms with Gasteiger partial charge in [-0.05, 0) is 25.7 Å². The quantitative estimate of drug-likeness (QED) is 0.740. The van der Waals surface area contributed by atoms with Gasteiger partial charge in [0.25, 0.3) is 5.91 Å². The Morgan fingerprint density at radius 2 is 1.65 bits per heavy atom. The number of likely N-dealkylation sites (N-methyl/N-ethyl adjacent to an activating group) is 1. The van der Waals surface area contributed by atoms with Crippen LogP contribution in [0.25, 0.3) is 10.9 Å². The van der Waals surface area contributed by atoms with Crippen LogP contribution in [0, 0.1) is 0 Å². The van der Waals surface area contributed by atoms with Gasteiger partial charge in [-0.1, -0.05) is 48.5 Å². The van der Waals surface area contributed by atoms with E-state index in [1.165, 1.54) is 0 Å². The number of benzene rings is 2. The highest BCUT2D eigenvalue weighted by Gasteiger charge is 2.21. The van der Waals surface area contributed by atoms with Crippen molar-refractivity contribution in [3.8, 4) is 0 Å². The lowest BCUT2D eigenvalue weighted by molar-refractivity contribution is 0.0728. The third-order valence-electron chi connectivity index (χ3n) is 4.14. The number of carbonyl (C=O) groups is 1. The Morgan fingerprint density at radius 1 is 0.962 bits per heavy atom. The second kappa shape index (κ2) is 7.93. The Balaban J connectivity index is 1.96. The van der Waals surface area contributed by atoms with Crippen LogP contribution < -0.4 is 5.73 Å². The van der Waals surface area contributed by atoms with Crippen LogP contribution in [0.4, 0.5) is 5.95 Å². The number of para-hydroxylation sites is 1.